The van der Waals surface area contributed by atoms with Gasteiger partial charge in [-0.3, -0.25) is 19.3 Å². The van der Waals surface area contributed by atoms with Crippen molar-refractivity contribution in [3.63, 3.8) is 0 Å². The lowest BCUT2D eigenvalue weighted by atomic mass is 10.2. The Kier molecular flexibility index (Phi) is 6.71. The average Bonchev–Trinajstić information content (AvgIpc) is 2.82. The van der Waals surface area contributed by atoms with Crippen LogP contribution in [0.1, 0.15) is 12.5 Å². The minimum absolute atomic E-state index is 0.234. The van der Waals surface area contributed by atoms with Gasteiger partial charge in [-0.05, 0) is 65.0 Å². The third kappa shape index (κ3) is 4.46. The van der Waals surface area contributed by atoms with Gasteiger partial charge >= 0.3 is 5.97 Å². The van der Waals surface area contributed by atoms with E-state index in [0.29, 0.717) is 23.7 Å². The number of methoxy groups -OCH3 is 2. The number of ether oxygens (including phenoxy) is 3. The van der Waals surface area contributed by atoms with Crippen molar-refractivity contribution in [2.75, 3.05) is 27.4 Å². The molecule has 0 saturated carbocycles. The molecule has 0 spiro atoms. The van der Waals surface area contributed by atoms with Crippen LogP contribution in [0.3, 0.4) is 0 Å². The van der Waals surface area contributed by atoms with Crippen LogP contribution in [0.25, 0.3) is 6.08 Å². The molecule has 0 unspecified atom stereocenters. The van der Waals surface area contributed by atoms with Crippen LogP contribution in [0.5, 0.6) is 11.5 Å². The molecule has 2 amide bonds. The molecule has 7 nitrogen and oxygen atoms in total. The van der Waals surface area contributed by atoms with E-state index in [1.807, 2.05) is 13.0 Å². The first-order valence-electron chi connectivity index (χ1n) is 7.23. The predicted molar refractivity (Wildman–Crippen MR) is 102 cm³/mol. The number of nitrogens with zero attached hydrogens (tertiary/aromatic N) is 1. The maximum Gasteiger partial charge on any atom is 0.325 e. The Morgan fingerprint density at radius 2 is 2.04 bits per heavy atom. The standard InChI is InChI=1S/C16H16INO6S/c1-4-24-11-6-9(5-10(17)14(11)23-3)7-12-15(20)18(16(21)25-12)8-13(19)22-2/h5-7H,4,8H2,1-3H3/b12-7-. The van der Waals surface area contributed by atoms with Gasteiger partial charge in [-0.2, -0.15) is 0 Å². The van der Waals surface area contributed by atoms with Crippen molar-refractivity contribution in [2.45, 2.75) is 6.92 Å². The van der Waals surface area contributed by atoms with Gasteiger partial charge in [0.05, 0.1) is 29.3 Å². The average molecular weight is 477 g/mol. The van der Waals surface area contributed by atoms with Crippen molar-refractivity contribution in [1.29, 1.82) is 0 Å². The zero-order valence-corrected chi connectivity index (χ0v) is 16.8. The van der Waals surface area contributed by atoms with Crippen LogP contribution in [-0.2, 0) is 14.3 Å². The second-order valence-electron chi connectivity index (χ2n) is 4.81. The highest BCUT2D eigenvalue weighted by Crippen LogP contribution is 2.37. The molecule has 1 saturated heterocycles. The zero-order chi connectivity index (χ0) is 18.6. The monoisotopic (exact) mass is 477 g/mol. The number of esters is 1. The van der Waals surface area contributed by atoms with Gasteiger partial charge in [-0.1, -0.05) is 0 Å². The van der Waals surface area contributed by atoms with Gasteiger partial charge in [0.1, 0.15) is 6.54 Å². The molecule has 134 valence electrons. The van der Waals surface area contributed by atoms with Crippen LogP contribution in [0, 0.1) is 3.57 Å². The summed E-state index contributed by atoms with van der Waals surface area (Å²) >= 11 is 2.89. The third-order valence-electron chi connectivity index (χ3n) is 3.22. The van der Waals surface area contributed by atoms with E-state index >= 15 is 0 Å². The fourth-order valence-electron chi connectivity index (χ4n) is 2.11. The molecule has 1 aromatic carbocycles. The van der Waals surface area contributed by atoms with Crippen molar-refractivity contribution < 1.29 is 28.6 Å². The molecule has 2 rings (SSSR count). The van der Waals surface area contributed by atoms with Crippen molar-refractivity contribution in [3.05, 3.63) is 26.2 Å². The number of carbonyl (C=O) groups is 3. The predicted octanol–water partition coefficient (Wildman–Crippen LogP) is 2.91. The highest BCUT2D eigenvalue weighted by atomic mass is 127. The highest BCUT2D eigenvalue weighted by Gasteiger charge is 2.36. The molecule has 1 aromatic rings. The number of halogens is 1. The van der Waals surface area contributed by atoms with Gasteiger partial charge in [-0.15, -0.1) is 0 Å². The molecule has 0 bridgehead atoms. The van der Waals surface area contributed by atoms with E-state index in [9.17, 15) is 14.4 Å². The molecule has 1 fully saturated rings. The summed E-state index contributed by atoms with van der Waals surface area (Å²) in [6, 6.07) is 3.55. The van der Waals surface area contributed by atoms with Gasteiger partial charge < -0.3 is 14.2 Å². The molecule has 1 aliphatic heterocycles. The third-order valence-corrected chi connectivity index (χ3v) is 4.93. The van der Waals surface area contributed by atoms with Crippen molar-refractivity contribution in [2.24, 2.45) is 0 Å². The molecule has 9 heteroatoms. The first-order valence-corrected chi connectivity index (χ1v) is 9.13. The lowest BCUT2D eigenvalue weighted by molar-refractivity contribution is -0.143. The Labute approximate surface area is 162 Å². The normalized spacial score (nSPS) is 15.7. The first-order chi connectivity index (χ1) is 11.9. The summed E-state index contributed by atoms with van der Waals surface area (Å²) in [6.45, 7) is 1.92. The van der Waals surface area contributed by atoms with E-state index in [-0.39, 0.29) is 4.91 Å². The number of thioether (sulfide) groups is 1. The fraction of sp³-hybridized carbons (Fsp3) is 0.312. The van der Waals surface area contributed by atoms with Crippen LogP contribution in [0.2, 0.25) is 0 Å². The first kappa shape index (κ1) is 19.6. The van der Waals surface area contributed by atoms with Crippen molar-refractivity contribution >= 4 is 57.5 Å². The number of amides is 2. The summed E-state index contributed by atoms with van der Waals surface area (Å²) in [5.41, 5.74) is 0.692. The van der Waals surface area contributed by atoms with E-state index in [4.69, 9.17) is 9.47 Å². The smallest absolute Gasteiger partial charge is 0.325 e. The Bertz CT molecular complexity index is 748. The SMILES string of the molecule is CCOc1cc(/C=C2\SC(=O)N(CC(=O)OC)C2=O)cc(I)c1OC. The van der Waals surface area contributed by atoms with Crippen molar-refractivity contribution in [3.8, 4) is 11.5 Å². The highest BCUT2D eigenvalue weighted by molar-refractivity contribution is 14.1. The maximum absolute atomic E-state index is 12.3. The second kappa shape index (κ2) is 8.56. The Balaban J connectivity index is 2.33. The summed E-state index contributed by atoms with van der Waals surface area (Å²) in [7, 11) is 2.75. The molecule has 1 aliphatic rings. The number of hydrogen-bond acceptors (Lipinski definition) is 7. The lowest BCUT2D eigenvalue weighted by Crippen LogP contribution is -2.34. The van der Waals surface area contributed by atoms with Gasteiger partial charge in [0.15, 0.2) is 11.5 Å². The number of benzene rings is 1. The van der Waals surface area contributed by atoms with Gasteiger partial charge in [0, 0.05) is 0 Å². The zero-order valence-electron chi connectivity index (χ0n) is 13.8. The fourth-order valence-corrected chi connectivity index (χ4v) is 3.80. The number of rotatable bonds is 6. The summed E-state index contributed by atoms with van der Waals surface area (Å²) in [4.78, 5) is 36.7. The van der Waals surface area contributed by atoms with Gasteiger partial charge in [0.25, 0.3) is 11.1 Å². The molecule has 0 atom stereocenters. The topological polar surface area (TPSA) is 82.1 Å². The minimum Gasteiger partial charge on any atom is -0.492 e. The molecular weight excluding hydrogens is 461 g/mol. The Morgan fingerprint density at radius 3 is 2.64 bits per heavy atom. The second-order valence-corrected chi connectivity index (χ2v) is 6.97. The summed E-state index contributed by atoms with van der Waals surface area (Å²) in [5, 5.41) is -0.505. The molecule has 0 aliphatic carbocycles. The van der Waals surface area contributed by atoms with Gasteiger partial charge in [-0.25, -0.2) is 0 Å². The van der Waals surface area contributed by atoms with Crippen LogP contribution in [-0.4, -0.2) is 49.4 Å². The summed E-state index contributed by atoms with van der Waals surface area (Å²) in [5.74, 6) is -0.0132. The quantitative estimate of drug-likeness (QED) is 0.354. The number of carbonyl (C=O) groups excluding carboxylic acids is 3. The molecule has 0 radical (unpaired) electrons. The Hall–Kier alpha value is -1.75. The lowest BCUT2D eigenvalue weighted by Gasteiger charge is -2.12. The number of imide groups is 1. The van der Waals surface area contributed by atoms with E-state index < -0.39 is 23.7 Å². The number of hydrogen-bond donors (Lipinski definition) is 0. The van der Waals surface area contributed by atoms with Crippen LogP contribution in [0.4, 0.5) is 4.79 Å². The van der Waals surface area contributed by atoms with Crippen LogP contribution >= 0.6 is 34.4 Å². The van der Waals surface area contributed by atoms with E-state index in [2.05, 4.69) is 27.3 Å². The molecule has 1 heterocycles. The molecule has 25 heavy (non-hydrogen) atoms. The van der Waals surface area contributed by atoms with Crippen molar-refractivity contribution in [1.82, 2.24) is 4.90 Å². The van der Waals surface area contributed by atoms with E-state index in [1.165, 1.54) is 7.11 Å². The van der Waals surface area contributed by atoms with Crippen LogP contribution in [0.15, 0.2) is 17.0 Å². The minimum atomic E-state index is -0.652. The van der Waals surface area contributed by atoms with E-state index in [0.717, 1.165) is 20.2 Å². The molecular formula is C16H16INO6S. The molecule has 0 aromatic heterocycles. The molecule has 0 N–H and O–H groups in total. The summed E-state index contributed by atoms with van der Waals surface area (Å²) < 4.78 is 16.2. The van der Waals surface area contributed by atoms with Crippen LogP contribution < -0.4 is 9.47 Å². The Morgan fingerprint density at radius 1 is 1.32 bits per heavy atom. The summed E-state index contributed by atoms with van der Waals surface area (Å²) in [6.07, 6.45) is 1.59. The maximum atomic E-state index is 12.3. The largest absolute Gasteiger partial charge is 0.492 e. The van der Waals surface area contributed by atoms with Gasteiger partial charge in [0.2, 0.25) is 0 Å². The van der Waals surface area contributed by atoms with E-state index in [1.54, 1.807) is 19.3 Å².